The predicted octanol–water partition coefficient (Wildman–Crippen LogP) is 0.619. The third kappa shape index (κ3) is 87.5. The third-order valence-electron chi connectivity index (χ3n) is 0.118. The van der Waals surface area contributed by atoms with E-state index in [2.05, 4.69) is 17.8 Å². The molecule has 2 heteroatoms. The van der Waals surface area contributed by atoms with E-state index in [4.69, 9.17) is 0 Å². The first-order valence-electron chi connectivity index (χ1n) is 1.99. The molecule has 38 valence electrons. The van der Waals surface area contributed by atoms with Gasteiger partial charge in [0.1, 0.15) is 0 Å². The minimum absolute atomic E-state index is 1.40. The number of hydrazine groups is 1. The highest BCUT2D eigenvalue weighted by Crippen LogP contribution is 1.26. The van der Waals surface area contributed by atoms with Crippen LogP contribution in [0, 0.1) is 0 Å². The van der Waals surface area contributed by atoms with Crippen molar-refractivity contribution in [1.29, 1.82) is 0 Å². The Morgan fingerprint density at radius 1 is 1.67 bits per heavy atom. The molecule has 0 amide bonds. The van der Waals surface area contributed by atoms with E-state index in [0.717, 1.165) is 0 Å². The number of rotatable bonds is 1. The van der Waals surface area contributed by atoms with E-state index in [1.807, 2.05) is 13.8 Å². The second-order valence-corrected chi connectivity index (χ2v) is 0.371. The summed E-state index contributed by atoms with van der Waals surface area (Å²) in [6.45, 7) is 7.24. The lowest BCUT2D eigenvalue weighted by Gasteiger charge is -1.72. The average Bonchev–Trinajstić information content (AvgIpc) is 1.72. The largest absolute Gasteiger partial charge is 0.332 e. The lowest BCUT2D eigenvalue weighted by molar-refractivity contribution is 0.972. The fourth-order valence-electron chi connectivity index (χ4n) is 0. The molecule has 0 aliphatic carbocycles. The molecule has 0 bridgehead atoms. The standard InChI is InChI=1S/C2H6N2.C2H6/c1-2-4-3;1-2/h2,4H,1,3H2;1-2H3. The van der Waals surface area contributed by atoms with Crippen LogP contribution in [0.25, 0.3) is 0 Å². The van der Waals surface area contributed by atoms with Crippen LogP contribution in [0.3, 0.4) is 0 Å². The molecule has 2 nitrogen and oxygen atoms in total. The van der Waals surface area contributed by atoms with Crippen molar-refractivity contribution in [2.24, 2.45) is 5.84 Å². The molecule has 6 heavy (non-hydrogen) atoms. The summed E-state index contributed by atoms with van der Waals surface area (Å²) in [4.78, 5) is 0. The van der Waals surface area contributed by atoms with Gasteiger partial charge >= 0.3 is 0 Å². The maximum atomic E-state index is 4.66. The maximum absolute atomic E-state index is 4.66. The van der Waals surface area contributed by atoms with Crippen LogP contribution >= 0.6 is 0 Å². The fraction of sp³-hybridized carbons (Fsp3) is 0.500. The van der Waals surface area contributed by atoms with Crippen LogP contribution in [-0.4, -0.2) is 0 Å². The molecule has 0 unspecified atom stereocenters. The molecule has 0 aromatic rings. The fourth-order valence-corrected chi connectivity index (χ4v) is 0. The van der Waals surface area contributed by atoms with Crippen molar-refractivity contribution in [2.45, 2.75) is 13.8 Å². The van der Waals surface area contributed by atoms with E-state index in [1.165, 1.54) is 6.20 Å². The van der Waals surface area contributed by atoms with Crippen molar-refractivity contribution in [3.8, 4) is 0 Å². The van der Waals surface area contributed by atoms with Gasteiger partial charge in [-0.2, -0.15) is 0 Å². The Balaban J connectivity index is 0. The third-order valence-corrected chi connectivity index (χ3v) is 0.118. The van der Waals surface area contributed by atoms with E-state index in [9.17, 15) is 0 Å². The Kier molecular flexibility index (Phi) is 37.1. The molecule has 0 aromatic carbocycles. The number of nitrogens with two attached hydrogens (primary N) is 1. The first-order chi connectivity index (χ1) is 2.91. The molecule has 0 aromatic heterocycles. The van der Waals surface area contributed by atoms with Crippen LogP contribution in [0.1, 0.15) is 13.8 Å². The molecule has 0 saturated heterocycles. The molecule has 0 fully saturated rings. The normalized spacial score (nSPS) is 4.50. The second-order valence-electron chi connectivity index (χ2n) is 0.371. The zero-order valence-electron chi connectivity index (χ0n) is 4.36. The van der Waals surface area contributed by atoms with E-state index >= 15 is 0 Å². The summed E-state index contributed by atoms with van der Waals surface area (Å²) in [5, 5.41) is 0. The highest BCUT2D eigenvalue weighted by molar-refractivity contribution is 4.53. The molecule has 0 spiro atoms. The SMILES string of the molecule is C=CNN.CC. The minimum atomic E-state index is 1.40. The number of nitrogens with one attached hydrogen (secondary N) is 1. The zero-order valence-corrected chi connectivity index (χ0v) is 4.36. The van der Waals surface area contributed by atoms with Gasteiger partial charge in [-0.25, -0.2) is 0 Å². The molecule has 0 rings (SSSR count). The molecule has 3 N–H and O–H groups in total. The maximum Gasteiger partial charge on any atom is 0.00506 e. The van der Waals surface area contributed by atoms with Crippen molar-refractivity contribution >= 4 is 0 Å². The molecule has 0 saturated carbocycles. The van der Waals surface area contributed by atoms with E-state index < -0.39 is 0 Å². The van der Waals surface area contributed by atoms with Crippen LogP contribution in [0.15, 0.2) is 12.8 Å². The first kappa shape index (κ1) is 9.09. The van der Waals surface area contributed by atoms with Gasteiger partial charge in [-0.05, 0) is 0 Å². The molecule has 0 heterocycles. The van der Waals surface area contributed by atoms with Gasteiger partial charge in [-0.3, -0.25) is 5.84 Å². The number of hydrogen-bond acceptors (Lipinski definition) is 2. The van der Waals surface area contributed by atoms with Crippen molar-refractivity contribution in [3.63, 3.8) is 0 Å². The average molecular weight is 88.2 g/mol. The van der Waals surface area contributed by atoms with Crippen LogP contribution in [0.4, 0.5) is 0 Å². The van der Waals surface area contributed by atoms with E-state index in [-0.39, 0.29) is 0 Å². The summed E-state index contributed by atoms with van der Waals surface area (Å²) in [6, 6.07) is 0. The molecule has 0 aliphatic heterocycles. The summed E-state index contributed by atoms with van der Waals surface area (Å²) in [5.41, 5.74) is 2.19. The van der Waals surface area contributed by atoms with Gasteiger partial charge in [0.15, 0.2) is 0 Å². The van der Waals surface area contributed by atoms with Gasteiger partial charge in [0.2, 0.25) is 0 Å². The van der Waals surface area contributed by atoms with Gasteiger partial charge in [-0.1, -0.05) is 20.4 Å². The molecule has 0 atom stereocenters. The molecular weight excluding hydrogens is 76.1 g/mol. The van der Waals surface area contributed by atoms with Gasteiger partial charge in [0, 0.05) is 6.20 Å². The summed E-state index contributed by atoms with van der Waals surface area (Å²) >= 11 is 0. The molecule has 0 radical (unpaired) electrons. The van der Waals surface area contributed by atoms with Crippen LogP contribution < -0.4 is 11.3 Å². The highest BCUT2D eigenvalue weighted by atomic mass is 15.2. The van der Waals surface area contributed by atoms with E-state index in [1.54, 1.807) is 0 Å². The second kappa shape index (κ2) is 24.5. The van der Waals surface area contributed by atoms with Crippen molar-refractivity contribution in [3.05, 3.63) is 12.8 Å². The summed E-state index contributed by atoms with van der Waals surface area (Å²) in [5.74, 6) is 4.66. The summed E-state index contributed by atoms with van der Waals surface area (Å²) in [7, 11) is 0. The van der Waals surface area contributed by atoms with Crippen molar-refractivity contribution in [1.82, 2.24) is 5.43 Å². The van der Waals surface area contributed by atoms with Gasteiger partial charge in [0.05, 0.1) is 0 Å². The Morgan fingerprint density at radius 3 is 1.83 bits per heavy atom. The topological polar surface area (TPSA) is 38.0 Å². The monoisotopic (exact) mass is 88.1 g/mol. The highest BCUT2D eigenvalue weighted by Gasteiger charge is 1.33. The van der Waals surface area contributed by atoms with Gasteiger partial charge in [0.25, 0.3) is 0 Å². The smallest absolute Gasteiger partial charge is 0.00506 e. The van der Waals surface area contributed by atoms with Crippen LogP contribution in [0.2, 0.25) is 0 Å². The predicted molar refractivity (Wildman–Crippen MR) is 28.9 cm³/mol. The minimum Gasteiger partial charge on any atom is -0.332 e. The van der Waals surface area contributed by atoms with Crippen molar-refractivity contribution < 1.29 is 0 Å². The van der Waals surface area contributed by atoms with E-state index in [0.29, 0.717) is 0 Å². The summed E-state index contributed by atoms with van der Waals surface area (Å²) < 4.78 is 0. The molecule has 0 aliphatic rings. The Labute approximate surface area is 39.0 Å². The Bertz CT molecular complexity index is 19.5. The van der Waals surface area contributed by atoms with Gasteiger partial charge < -0.3 is 5.43 Å². The van der Waals surface area contributed by atoms with Crippen LogP contribution in [0.5, 0.6) is 0 Å². The van der Waals surface area contributed by atoms with Crippen molar-refractivity contribution in [2.75, 3.05) is 0 Å². The van der Waals surface area contributed by atoms with Crippen LogP contribution in [-0.2, 0) is 0 Å². The zero-order chi connectivity index (χ0) is 5.41. The molecular formula is C4H12N2. The Morgan fingerprint density at radius 2 is 1.83 bits per heavy atom. The number of hydrogen-bond donors (Lipinski definition) is 2. The first-order valence-corrected chi connectivity index (χ1v) is 1.99. The lowest BCUT2D eigenvalue weighted by atomic mass is 11.0. The lowest BCUT2D eigenvalue weighted by Crippen LogP contribution is -2.11. The Hall–Kier alpha value is -0.500. The summed E-state index contributed by atoms with van der Waals surface area (Å²) in [6.07, 6.45) is 1.40. The quantitative estimate of drug-likeness (QED) is 0.364. The van der Waals surface area contributed by atoms with Gasteiger partial charge in [-0.15, -0.1) is 0 Å².